The maximum atomic E-state index is 12.3. The Bertz CT molecular complexity index is 981. The lowest BCUT2D eigenvalue weighted by atomic mass is 9.39. The first kappa shape index (κ1) is 25.7. The van der Waals surface area contributed by atoms with Gasteiger partial charge >= 0.3 is 16.4 Å². The highest BCUT2D eigenvalue weighted by molar-refractivity contribution is 7.81. The molecular formula is C26H40O7S. The van der Waals surface area contributed by atoms with E-state index in [1.807, 2.05) is 0 Å². The molecule has 0 spiro atoms. The Kier molecular flexibility index (Phi) is 6.75. The van der Waals surface area contributed by atoms with Crippen LogP contribution in [0.15, 0.2) is 23.5 Å². The van der Waals surface area contributed by atoms with Crippen molar-refractivity contribution in [1.29, 1.82) is 0 Å². The van der Waals surface area contributed by atoms with Gasteiger partial charge < -0.3 is 13.7 Å². The first-order valence-corrected chi connectivity index (χ1v) is 14.0. The summed E-state index contributed by atoms with van der Waals surface area (Å²) < 4.78 is 47.0. The van der Waals surface area contributed by atoms with Gasteiger partial charge in [0.25, 0.3) is 0 Å². The molecule has 4 aliphatic rings. The van der Waals surface area contributed by atoms with Crippen molar-refractivity contribution in [2.45, 2.75) is 91.8 Å². The number of allylic oxidation sites excluding steroid dienone is 1. The molecule has 1 aliphatic heterocycles. The summed E-state index contributed by atoms with van der Waals surface area (Å²) in [6, 6.07) is 0. The van der Waals surface area contributed by atoms with Crippen LogP contribution in [-0.2, 0) is 28.9 Å². The summed E-state index contributed by atoms with van der Waals surface area (Å²) in [5.74, 6) is 0.865. The Balaban J connectivity index is 1.66. The number of hydrogen-bond donors (Lipinski definition) is 1. The van der Waals surface area contributed by atoms with E-state index in [-0.39, 0.29) is 22.7 Å². The minimum Gasteiger partial charge on any atom is -0.429 e. The first-order chi connectivity index (χ1) is 15.8. The zero-order valence-electron chi connectivity index (χ0n) is 21.1. The van der Waals surface area contributed by atoms with Crippen molar-refractivity contribution in [2.24, 2.45) is 34.0 Å². The van der Waals surface area contributed by atoms with E-state index in [1.165, 1.54) is 32.6 Å². The second-order valence-corrected chi connectivity index (χ2v) is 13.1. The number of fused-ring (bicyclic) bond motifs is 3. The van der Waals surface area contributed by atoms with Crippen LogP contribution in [0, 0.1) is 34.0 Å². The van der Waals surface area contributed by atoms with E-state index in [1.54, 1.807) is 6.08 Å². The highest BCUT2D eigenvalue weighted by atomic mass is 32.3. The fourth-order valence-corrected chi connectivity index (χ4v) is 8.74. The Morgan fingerprint density at radius 1 is 1.12 bits per heavy atom. The van der Waals surface area contributed by atoms with Crippen LogP contribution in [0.2, 0.25) is 0 Å². The lowest BCUT2D eigenvalue weighted by Gasteiger charge is -2.66. The Morgan fingerprint density at radius 2 is 1.85 bits per heavy atom. The van der Waals surface area contributed by atoms with Gasteiger partial charge in [-0.2, -0.15) is 8.42 Å². The molecule has 3 saturated carbocycles. The van der Waals surface area contributed by atoms with Gasteiger partial charge in [0, 0.05) is 12.7 Å². The van der Waals surface area contributed by atoms with Gasteiger partial charge in [-0.3, -0.25) is 4.55 Å². The Labute approximate surface area is 204 Å². The molecule has 0 aromatic carbocycles. The van der Waals surface area contributed by atoms with Gasteiger partial charge in [-0.05, 0) is 97.0 Å². The van der Waals surface area contributed by atoms with E-state index in [2.05, 4.69) is 27.7 Å². The van der Waals surface area contributed by atoms with E-state index < -0.39 is 16.7 Å². The molecule has 3 fully saturated rings. The number of hydrogen-bond acceptors (Lipinski definition) is 6. The Morgan fingerprint density at radius 3 is 2.50 bits per heavy atom. The minimum atomic E-state index is -4.57. The number of ether oxygens (including phenoxy) is 2. The topological polar surface area (TPSA) is 99.1 Å². The molecule has 0 amide bonds. The molecule has 0 aromatic rings. The van der Waals surface area contributed by atoms with Gasteiger partial charge in [-0.25, -0.2) is 4.79 Å². The van der Waals surface area contributed by atoms with Crippen LogP contribution in [-0.4, -0.2) is 32.3 Å². The number of cyclic esters (lactones) is 1. The van der Waals surface area contributed by atoms with Crippen molar-refractivity contribution in [1.82, 2.24) is 0 Å². The maximum Gasteiger partial charge on any atom is 0.445 e. The molecule has 0 bridgehead atoms. The van der Waals surface area contributed by atoms with E-state index >= 15 is 0 Å². The third-order valence-corrected chi connectivity index (χ3v) is 10.2. The normalized spacial score (nSPS) is 40.8. The molecule has 192 valence electrons. The first-order valence-electron chi connectivity index (χ1n) is 12.6. The van der Waals surface area contributed by atoms with Crippen molar-refractivity contribution in [3.05, 3.63) is 23.5 Å². The van der Waals surface area contributed by atoms with Crippen molar-refractivity contribution in [2.75, 3.05) is 7.11 Å². The molecule has 0 unspecified atom stereocenters. The zero-order chi connectivity index (χ0) is 24.9. The van der Waals surface area contributed by atoms with Crippen LogP contribution in [0.5, 0.6) is 0 Å². The van der Waals surface area contributed by atoms with Gasteiger partial charge in [-0.1, -0.05) is 34.1 Å². The molecule has 1 heterocycles. The molecular weight excluding hydrogens is 456 g/mol. The molecule has 8 heteroatoms. The maximum absolute atomic E-state index is 12.3. The average molecular weight is 497 g/mol. The standard InChI is InChI=1S/C26H40O7S/c1-24(2)12-6-13-26(4)20(24)11-14-25(3)19(9-7-17-15-22(31-5)33-23(17)27)18(8-10-21(25)26)16-32-34(28,29)30/h15-16,19-22H,6-14H2,1-5H3,(H,28,29,30)/b18-16+/t19-,20-,21-,22-,25+,26-/m0/s1. The van der Waals surface area contributed by atoms with E-state index in [9.17, 15) is 17.8 Å². The van der Waals surface area contributed by atoms with E-state index in [4.69, 9.17) is 13.7 Å². The molecule has 7 nitrogen and oxygen atoms in total. The molecule has 0 aromatic heterocycles. The molecule has 34 heavy (non-hydrogen) atoms. The number of esters is 1. The summed E-state index contributed by atoms with van der Waals surface area (Å²) in [6.07, 6.45) is 11.2. The van der Waals surface area contributed by atoms with Crippen LogP contribution in [0.25, 0.3) is 0 Å². The predicted molar refractivity (Wildman–Crippen MR) is 128 cm³/mol. The Hall–Kier alpha value is -1.38. The van der Waals surface area contributed by atoms with E-state index in [0.717, 1.165) is 31.3 Å². The SMILES string of the molecule is CO[C@@H]1C=C(CC[C@H]2/C(=C/OS(=O)(=O)O)CC[C@H]3[C@]2(C)CC[C@H]2C(C)(C)CCC[C@]32C)C(=O)O1. The van der Waals surface area contributed by atoms with Gasteiger partial charge in [0.05, 0.1) is 0 Å². The third kappa shape index (κ3) is 4.58. The lowest BCUT2D eigenvalue weighted by Crippen LogP contribution is -2.58. The van der Waals surface area contributed by atoms with Crippen molar-refractivity contribution in [3.63, 3.8) is 0 Å². The monoisotopic (exact) mass is 496 g/mol. The highest BCUT2D eigenvalue weighted by Gasteiger charge is 2.61. The summed E-state index contributed by atoms with van der Waals surface area (Å²) in [5, 5.41) is 0. The largest absolute Gasteiger partial charge is 0.445 e. The molecule has 3 aliphatic carbocycles. The van der Waals surface area contributed by atoms with Crippen LogP contribution < -0.4 is 0 Å². The zero-order valence-corrected chi connectivity index (χ0v) is 21.9. The van der Waals surface area contributed by atoms with E-state index in [0.29, 0.717) is 35.7 Å². The van der Waals surface area contributed by atoms with Crippen LogP contribution in [0.3, 0.4) is 0 Å². The summed E-state index contributed by atoms with van der Waals surface area (Å²) in [5.41, 5.74) is 2.02. The molecule has 0 saturated heterocycles. The number of methoxy groups -OCH3 is 1. The highest BCUT2D eigenvalue weighted by Crippen LogP contribution is 2.69. The lowest BCUT2D eigenvalue weighted by molar-refractivity contribution is -0.156. The summed E-state index contributed by atoms with van der Waals surface area (Å²) >= 11 is 0. The third-order valence-electron chi connectivity index (χ3n) is 9.88. The second kappa shape index (κ2) is 8.93. The molecule has 0 radical (unpaired) electrons. The summed E-state index contributed by atoms with van der Waals surface area (Å²) in [7, 11) is -3.07. The number of carbonyl (C=O) groups excluding carboxylic acids is 1. The van der Waals surface area contributed by atoms with Crippen LogP contribution in [0.4, 0.5) is 0 Å². The summed E-state index contributed by atoms with van der Waals surface area (Å²) in [6.45, 7) is 9.69. The van der Waals surface area contributed by atoms with Crippen LogP contribution >= 0.6 is 0 Å². The van der Waals surface area contributed by atoms with Crippen molar-refractivity contribution < 1.29 is 31.4 Å². The fraction of sp³-hybridized carbons (Fsp3) is 0.808. The second-order valence-electron chi connectivity index (χ2n) is 12.0. The average Bonchev–Trinajstić information content (AvgIpc) is 3.09. The molecule has 1 N–H and O–H groups in total. The van der Waals surface area contributed by atoms with Crippen molar-refractivity contribution in [3.8, 4) is 0 Å². The predicted octanol–water partition coefficient (Wildman–Crippen LogP) is 5.58. The smallest absolute Gasteiger partial charge is 0.429 e. The van der Waals surface area contributed by atoms with Crippen molar-refractivity contribution >= 4 is 16.4 Å². The number of rotatable bonds is 6. The fourth-order valence-electron chi connectivity index (χ4n) is 8.50. The minimum absolute atomic E-state index is 0.0466. The molecule has 4 rings (SSSR count). The van der Waals surface area contributed by atoms with Crippen LogP contribution in [0.1, 0.15) is 85.5 Å². The van der Waals surface area contributed by atoms with Gasteiger partial charge in [0.15, 0.2) is 0 Å². The van der Waals surface area contributed by atoms with Gasteiger partial charge in [-0.15, -0.1) is 0 Å². The quantitative estimate of drug-likeness (QED) is 0.291. The van der Waals surface area contributed by atoms with Gasteiger partial charge in [0.2, 0.25) is 6.29 Å². The summed E-state index contributed by atoms with van der Waals surface area (Å²) in [4.78, 5) is 12.3. The molecule has 6 atom stereocenters. The number of carbonyl (C=O) groups is 1. The van der Waals surface area contributed by atoms with Gasteiger partial charge in [0.1, 0.15) is 6.26 Å².